The minimum atomic E-state index is -0.0991. The number of carbonyl (C=O) groups excluding carboxylic acids is 2. The summed E-state index contributed by atoms with van der Waals surface area (Å²) >= 11 is 1.59. The third-order valence-electron chi connectivity index (χ3n) is 4.49. The van der Waals surface area contributed by atoms with Gasteiger partial charge in [-0.1, -0.05) is 54.6 Å². The van der Waals surface area contributed by atoms with Gasteiger partial charge in [-0.15, -0.1) is 11.3 Å². The predicted octanol–water partition coefficient (Wildman–Crippen LogP) is 4.80. The highest BCUT2D eigenvalue weighted by Gasteiger charge is 2.15. The SMILES string of the molecule is CN(Cc1nc2ccccc2s1)C(=O)c1ccc(C(=O)c2ccccc2)cc1. The summed E-state index contributed by atoms with van der Waals surface area (Å²) in [4.78, 5) is 31.4. The number of thiazole rings is 1. The summed E-state index contributed by atoms with van der Waals surface area (Å²) in [6.45, 7) is 0.447. The topological polar surface area (TPSA) is 50.3 Å². The lowest BCUT2D eigenvalue weighted by atomic mass is 10.0. The van der Waals surface area contributed by atoms with Crippen molar-refractivity contribution in [3.63, 3.8) is 0 Å². The zero-order valence-corrected chi connectivity index (χ0v) is 16.1. The van der Waals surface area contributed by atoms with Gasteiger partial charge in [-0.3, -0.25) is 9.59 Å². The molecular formula is C23H18N2O2S. The van der Waals surface area contributed by atoms with Crippen LogP contribution in [0.5, 0.6) is 0 Å². The van der Waals surface area contributed by atoms with Crippen molar-refractivity contribution < 1.29 is 9.59 Å². The molecule has 1 amide bonds. The fraction of sp³-hybridized carbons (Fsp3) is 0.0870. The first-order chi connectivity index (χ1) is 13.6. The standard InChI is InChI=1S/C23H18N2O2S/c1-25(15-21-24-19-9-5-6-10-20(19)28-21)23(27)18-13-11-17(12-14-18)22(26)16-7-3-2-4-8-16/h2-14H,15H2,1H3. The molecule has 0 unspecified atom stereocenters. The molecule has 0 atom stereocenters. The highest BCUT2D eigenvalue weighted by atomic mass is 32.1. The van der Waals surface area contributed by atoms with Crippen LogP contribution in [0.4, 0.5) is 0 Å². The molecule has 0 aliphatic carbocycles. The molecule has 4 aromatic rings. The predicted molar refractivity (Wildman–Crippen MR) is 112 cm³/mol. The number of fused-ring (bicyclic) bond motifs is 1. The largest absolute Gasteiger partial charge is 0.335 e. The average molecular weight is 386 g/mol. The molecular weight excluding hydrogens is 368 g/mol. The first-order valence-electron chi connectivity index (χ1n) is 8.91. The normalized spacial score (nSPS) is 10.8. The van der Waals surface area contributed by atoms with E-state index in [1.54, 1.807) is 59.7 Å². The van der Waals surface area contributed by atoms with E-state index in [-0.39, 0.29) is 11.7 Å². The molecule has 0 aliphatic rings. The maximum absolute atomic E-state index is 12.7. The van der Waals surface area contributed by atoms with Crippen LogP contribution in [0, 0.1) is 0 Å². The number of aromatic nitrogens is 1. The zero-order valence-electron chi connectivity index (χ0n) is 15.3. The molecule has 0 aliphatic heterocycles. The lowest BCUT2D eigenvalue weighted by molar-refractivity contribution is 0.0784. The summed E-state index contributed by atoms with van der Waals surface area (Å²) in [6, 6.07) is 23.9. The van der Waals surface area contributed by atoms with Crippen LogP contribution < -0.4 is 0 Å². The molecule has 0 N–H and O–H groups in total. The van der Waals surface area contributed by atoms with Crippen molar-refractivity contribution in [2.45, 2.75) is 6.54 Å². The summed E-state index contributed by atoms with van der Waals surface area (Å²) in [7, 11) is 1.76. The van der Waals surface area contributed by atoms with Crippen molar-refractivity contribution >= 4 is 33.2 Å². The highest BCUT2D eigenvalue weighted by molar-refractivity contribution is 7.18. The third-order valence-corrected chi connectivity index (χ3v) is 5.51. The molecule has 138 valence electrons. The van der Waals surface area contributed by atoms with Crippen LogP contribution in [0.15, 0.2) is 78.9 Å². The minimum absolute atomic E-state index is 0.0533. The van der Waals surface area contributed by atoms with Crippen molar-refractivity contribution in [1.82, 2.24) is 9.88 Å². The number of ketones is 1. The van der Waals surface area contributed by atoms with Gasteiger partial charge in [-0.05, 0) is 24.3 Å². The van der Waals surface area contributed by atoms with Gasteiger partial charge in [0.1, 0.15) is 5.01 Å². The van der Waals surface area contributed by atoms with E-state index in [9.17, 15) is 9.59 Å². The van der Waals surface area contributed by atoms with Crippen LogP contribution in [-0.4, -0.2) is 28.6 Å². The smallest absolute Gasteiger partial charge is 0.253 e. The lowest BCUT2D eigenvalue weighted by Crippen LogP contribution is -2.26. The van der Waals surface area contributed by atoms with E-state index < -0.39 is 0 Å². The molecule has 0 fully saturated rings. The Balaban J connectivity index is 1.47. The second-order valence-electron chi connectivity index (χ2n) is 6.51. The molecule has 0 saturated heterocycles. The average Bonchev–Trinajstić information content (AvgIpc) is 3.15. The molecule has 4 nitrogen and oxygen atoms in total. The van der Waals surface area contributed by atoms with E-state index in [0.717, 1.165) is 15.2 Å². The van der Waals surface area contributed by atoms with Gasteiger partial charge in [-0.2, -0.15) is 0 Å². The summed E-state index contributed by atoms with van der Waals surface area (Å²) in [5.41, 5.74) is 2.70. The van der Waals surface area contributed by atoms with E-state index in [1.165, 1.54) is 0 Å². The molecule has 5 heteroatoms. The van der Waals surface area contributed by atoms with Gasteiger partial charge in [0.15, 0.2) is 5.78 Å². The molecule has 4 rings (SSSR count). The highest BCUT2D eigenvalue weighted by Crippen LogP contribution is 2.23. The van der Waals surface area contributed by atoms with Crippen molar-refractivity contribution in [2.24, 2.45) is 0 Å². The van der Waals surface area contributed by atoms with Crippen LogP contribution in [0.2, 0.25) is 0 Å². The number of amides is 1. The quantitative estimate of drug-likeness (QED) is 0.463. The Morgan fingerprint density at radius 1 is 0.821 bits per heavy atom. The summed E-state index contributed by atoms with van der Waals surface area (Å²) in [5, 5.41) is 0.896. The number of hydrogen-bond acceptors (Lipinski definition) is 4. The zero-order chi connectivity index (χ0) is 19.5. The molecule has 0 saturated carbocycles. The second-order valence-corrected chi connectivity index (χ2v) is 7.62. The maximum Gasteiger partial charge on any atom is 0.253 e. The van der Waals surface area contributed by atoms with E-state index in [1.807, 2.05) is 42.5 Å². The Hall–Kier alpha value is -3.31. The van der Waals surface area contributed by atoms with E-state index >= 15 is 0 Å². The van der Waals surface area contributed by atoms with Gasteiger partial charge in [0.2, 0.25) is 0 Å². The fourth-order valence-electron chi connectivity index (χ4n) is 3.00. The molecule has 1 aromatic heterocycles. The first-order valence-corrected chi connectivity index (χ1v) is 9.73. The fourth-order valence-corrected chi connectivity index (χ4v) is 4.02. The van der Waals surface area contributed by atoms with Crippen LogP contribution in [-0.2, 0) is 6.54 Å². The second kappa shape index (κ2) is 7.74. The molecule has 0 spiro atoms. The Morgan fingerprint density at radius 3 is 2.14 bits per heavy atom. The lowest BCUT2D eigenvalue weighted by Gasteiger charge is -2.15. The molecule has 3 aromatic carbocycles. The Labute approximate surface area is 167 Å². The van der Waals surface area contributed by atoms with E-state index in [4.69, 9.17) is 0 Å². The van der Waals surface area contributed by atoms with Gasteiger partial charge in [0.25, 0.3) is 5.91 Å². The number of hydrogen-bond donors (Lipinski definition) is 0. The first kappa shape index (κ1) is 18.1. The Kier molecular flexibility index (Phi) is 5.00. The number of nitrogens with zero attached hydrogens (tertiary/aromatic N) is 2. The third kappa shape index (κ3) is 3.70. The van der Waals surface area contributed by atoms with Gasteiger partial charge >= 0.3 is 0 Å². The number of benzene rings is 3. The van der Waals surface area contributed by atoms with Gasteiger partial charge in [-0.25, -0.2) is 4.98 Å². The van der Waals surface area contributed by atoms with Crippen LogP contribution >= 0.6 is 11.3 Å². The van der Waals surface area contributed by atoms with E-state index in [0.29, 0.717) is 23.2 Å². The van der Waals surface area contributed by atoms with E-state index in [2.05, 4.69) is 4.98 Å². The van der Waals surface area contributed by atoms with Gasteiger partial charge in [0, 0.05) is 23.7 Å². The molecule has 28 heavy (non-hydrogen) atoms. The summed E-state index contributed by atoms with van der Waals surface area (Å²) in [5.74, 6) is -0.152. The van der Waals surface area contributed by atoms with Crippen LogP contribution in [0.3, 0.4) is 0 Å². The van der Waals surface area contributed by atoms with Crippen LogP contribution in [0.1, 0.15) is 31.3 Å². The van der Waals surface area contributed by atoms with Crippen molar-refractivity contribution in [3.8, 4) is 0 Å². The molecule has 0 bridgehead atoms. The van der Waals surface area contributed by atoms with Crippen molar-refractivity contribution in [3.05, 3.63) is 101 Å². The molecule has 0 radical (unpaired) electrons. The monoisotopic (exact) mass is 386 g/mol. The summed E-state index contributed by atoms with van der Waals surface area (Å²) < 4.78 is 1.11. The number of para-hydroxylation sites is 1. The maximum atomic E-state index is 12.7. The Morgan fingerprint density at radius 2 is 1.43 bits per heavy atom. The number of rotatable bonds is 5. The molecule has 1 heterocycles. The van der Waals surface area contributed by atoms with Gasteiger partial charge in [0.05, 0.1) is 16.8 Å². The summed E-state index contributed by atoms with van der Waals surface area (Å²) in [6.07, 6.45) is 0. The minimum Gasteiger partial charge on any atom is -0.335 e. The van der Waals surface area contributed by atoms with Crippen molar-refractivity contribution in [2.75, 3.05) is 7.05 Å². The van der Waals surface area contributed by atoms with Crippen molar-refractivity contribution in [1.29, 1.82) is 0 Å². The van der Waals surface area contributed by atoms with Gasteiger partial charge < -0.3 is 4.90 Å². The Bertz CT molecular complexity index is 1100. The number of carbonyl (C=O) groups is 2. The van der Waals surface area contributed by atoms with Crippen LogP contribution in [0.25, 0.3) is 10.2 Å².